The summed E-state index contributed by atoms with van der Waals surface area (Å²) in [5, 5.41) is 3.49. The molecule has 1 aromatic carbocycles. The molecule has 3 rings (SSSR count). The fourth-order valence-corrected chi connectivity index (χ4v) is 3.17. The highest BCUT2D eigenvalue weighted by Crippen LogP contribution is 2.34. The van der Waals surface area contributed by atoms with Gasteiger partial charge < -0.3 is 19.5 Å². The fourth-order valence-electron chi connectivity index (χ4n) is 3.17. The summed E-state index contributed by atoms with van der Waals surface area (Å²) in [5.41, 5.74) is 2.42. The average Bonchev–Trinajstić information content (AvgIpc) is 3.10. The summed E-state index contributed by atoms with van der Waals surface area (Å²) in [6, 6.07) is 4.24. The summed E-state index contributed by atoms with van der Waals surface area (Å²) in [7, 11) is 1.73. The van der Waals surface area contributed by atoms with Crippen molar-refractivity contribution in [2.24, 2.45) is 0 Å². The molecule has 0 amide bonds. The van der Waals surface area contributed by atoms with E-state index in [0.29, 0.717) is 6.10 Å². The molecule has 0 saturated carbocycles. The van der Waals surface area contributed by atoms with E-state index in [2.05, 4.69) is 24.4 Å². The van der Waals surface area contributed by atoms with Crippen LogP contribution in [0.5, 0.6) is 11.5 Å². The van der Waals surface area contributed by atoms with Crippen molar-refractivity contribution in [1.29, 1.82) is 0 Å². The van der Waals surface area contributed by atoms with Crippen LogP contribution in [0.1, 0.15) is 37.3 Å². The van der Waals surface area contributed by atoms with E-state index in [4.69, 9.17) is 14.2 Å². The van der Waals surface area contributed by atoms with Crippen molar-refractivity contribution in [3.63, 3.8) is 0 Å². The number of fused-ring (bicyclic) bond motifs is 1. The van der Waals surface area contributed by atoms with Gasteiger partial charge in [-0.1, -0.05) is 0 Å². The molecule has 2 aliphatic rings. The molecular formula is C17H25NO3. The van der Waals surface area contributed by atoms with Crippen molar-refractivity contribution >= 4 is 0 Å². The van der Waals surface area contributed by atoms with Crippen LogP contribution in [0.25, 0.3) is 0 Å². The smallest absolute Gasteiger partial charge is 0.123 e. The van der Waals surface area contributed by atoms with Gasteiger partial charge in [0, 0.05) is 30.7 Å². The standard InChI is InChI=1S/C17H25NO3/c1-12-8-13-9-16(19-2)14(10-17(13)21-12)11-18-6-5-15-4-3-7-20-15/h9-10,12,15,18H,3-8,11H2,1-2H3. The Balaban J connectivity index is 1.55. The van der Waals surface area contributed by atoms with E-state index in [-0.39, 0.29) is 6.10 Å². The lowest BCUT2D eigenvalue weighted by atomic mass is 10.1. The van der Waals surface area contributed by atoms with Crippen LogP contribution < -0.4 is 14.8 Å². The van der Waals surface area contributed by atoms with Crippen LogP contribution in [0.3, 0.4) is 0 Å². The molecule has 1 fully saturated rings. The second-order valence-electron chi connectivity index (χ2n) is 6.00. The molecule has 2 heterocycles. The number of nitrogens with one attached hydrogen (secondary N) is 1. The topological polar surface area (TPSA) is 39.7 Å². The third-order valence-corrected chi connectivity index (χ3v) is 4.28. The third kappa shape index (κ3) is 3.50. The van der Waals surface area contributed by atoms with E-state index in [1.54, 1.807) is 7.11 Å². The number of ether oxygens (including phenoxy) is 3. The Morgan fingerprint density at radius 1 is 1.38 bits per heavy atom. The molecule has 0 aliphatic carbocycles. The Morgan fingerprint density at radius 2 is 2.29 bits per heavy atom. The maximum atomic E-state index is 5.83. The van der Waals surface area contributed by atoms with Crippen molar-refractivity contribution in [3.05, 3.63) is 23.3 Å². The predicted octanol–water partition coefficient (Wildman–Crippen LogP) is 2.68. The first-order chi connectivity index (χ1) is 10.3. The fraction of sp³-hybridized carbons (Fsp3) is 0.647. The van der Waals surface area contributed by atoms with Gasteiger partial charge in [-0.15, -0.1) is 0 Å². The largest absolute Gasteiger partial charge is 0.496 e. The first-order valence-corrected chi connectivity index (χ1v) is 7.95. The molecule has 21 heavy (non-hydrogen) atoms. The third-order valence-electron chi connectivity index (χ3n) is 4.28. The highest BCUT2D eigenvalue weighted by Gasteiger charge is 2.21. The Morgan fingerprint density at radius 3 is 3.05 bits per heavy atom. The minimum absolute atomic E-state index is 0.271. The van der Waals surface area contributed by atoms with Gasteiger partial charge in [-0.05, 0) is 44.9 Å². The lowest BCUT2D eigenvalue weighted by molar-refractivity contribution is 0.104. The first-order valence-electron chi connectivity index (χ1n) is 7.95. The Bertz CT molecular complexity index is 483. The van der Waals surface area contributed by atoms with Gasteiger partial charge in [-0.2, -0.15) is 0 Å². The molecule has 0 radical (unpaired) electrons. The molecular weight excluding hydrogens is 266 g/mol. The molecule has 0 spiro atoms. The Labute approximate surface area is 126 Å². The second kappa shape index (κ2) is 6.67. The van der Waals surface area contributed by atoms with E-state index < -0.39 is 0 Å². The number of rotatable bonds is 6. The van der Waals surface area contributed by atoms with E-state index in [1.807, 2.05) is 0 Å². The monoisotopic (exact) mass is 291 g/mol. The normalized spacial score (nSPS) is 23.9. The zero-order valence-corrected chi connectivity index (χ0v) is 13.0. The minimum atomic E-state index is 0.271. The highest BCUT2D eigenvalue weighted by molar-refractivity contribution is 5.48. The quantitative estimate of drug-likeness (QED) is 0.818. The highest BCUT2D eigenvalue weighted by atomic mass is 16.5. The summed E-state index contributed by atoms with van der Waals surface area (Å²) < 4.78 is 17.0. The molecule has 0 aromatic heterocycles. The van der Waals surface area contributed by atoms with Crippen LogP contribution in [0.4, 0.5) is 0 Å². The van der Waals surface area contributed by atoms with Gasteiger partial charge in [-0.3, -0.25) is 0 Å². The zero-order valence-electron chi connectivity index (χ0n) is 13.0. The van der Waals surface area contributed by atoms with Crippen LogP contribution >= 0.6 is 0 Å². The lowest BCUT2D eigenvalue weighted by Gasteiger charge is -2.13. The average molecular weight is 291 g/mol. The van der Waals surface area contributed by atoms with Crippen molar-refractivity contribution in [3.8, 4) is 11.5 Å². The van der Waals surface area contributed by atoms with Crippen molar-refractivity contribution in [2.45, 2.75) is 51.4 Å². The minimum Gasteiger partial charge on any atom is -0.496 e. The first kappa shape index (κ1) is 14.7. The number of methoxy groups -OCH3 is 1. The molecule has 1 N–H and O–H groups in total. The second-order valence-corrected chi connectivity index (χ2v) is 6.00. The van der Waals surface area contributed by atoms with Crippen LogP contribution in [0.15, 0.2) is 12.1 Å². The van der Waals surface area contributed by atoms with Crippen molar-refractivity contribution < 1.29 is 14.2 Å². The maximum absolute atomic E-state index is 5.83. The predicted molar refractivity (Wildman–Crippen MR) is 82.1 cm³/mol. The molecule has 4 heteroatoms. The van der Waals surface area contributed by atoms with Crippen LogP contribution in [0, 0.1) is 0 Å². The van der Waals surface area contributed by atoms with Gasteiger partial charge in [0.25, 0.3) is 0 Å². The van der Waals surface area contributed by atoms with Gasteiger partial charge in [0.15, 0.2) is 0 Å². The Hall–Kier alpha value is -1.26. The lowest BCUT2D eigenvalue weighted by Crippen LogP contribution is -2.20. The van der Waals surface area contributed by atoms with Gasteiger partial charge in [0.1, 0.15) is 17.6 Å². The zero-order chi connectivity index (χ0) is 14.7. The summed E-state index contributed by atoms with van der Waals surface area (Å²) in [6.07, 6.45) is 5.18. The molecule has 1 saturated heterocycles. The van der Waals surface area contributed by atoms with Crippen molar-refractivity contribution in [1.82, 2.24) is 5.32 Å². The van der Waals surface area contributed by atoms with Gasteiger partial charge in [0.2, 0.25) is 0 Å². The molecule has 1 aromatic rings. The molecule has 2 unspecified atom stereocenters. The molecule has 116 valence electrons. The van der Waals surface area contributed by atoms with E-state index in [9.17, 15) is 0 Å². The number of hydrogen-bond acceptors (Lipinski definition) is 4. The van der Waals surface area contributed by atoms with Gasteiger partial charge in [-0.25, -0.2) is 0 Å². The maximum Gasteiger partial charge on any atom is 0.123 e. The summed E-state index contributed by atoms with van der Waals surface area (Å²) in [4.78, 5) is 0. The SMILES string of the molecule is COc1cc2c(cc1CNCCC1CCCO1)OC(C)C2. The van der Waals surface area contributed by atoms with Crippen LogP contribution in [0.2, 0.25) is 0 Å². The molecule has 2 aliphatic heterocycles. The Kier molecular flexibility index (Phi) is 4.66. The van der Waals surface area contributed by atoms with Crippen molar-refractivity contribution in [2.75, 3.05) is 20.3 Å². The van der Waals surface area contributed by atoms with Crippen LogP contribution in [-0.4, -0.2) is 32.5 Å². The number of benzene rings is 1. The number of hydrogen-bond donors (Lipinski definition) is 1. The van der Waals surface area contributed by atoms with E-state index in [1.165, 1.54) is 18.4 Å². The van der Waals surface area contributed by atoms with Gasteiger partial charge >= 0.3 is 0 Å². The summed E-state index contributed by atoms with van der Waals surface area (Å²) in [5.74, 6) is 1.97. The molecule has 4 nitrogen and oxygen atoms in total. The molecule has 0 bridgehead atoms. The molecule has 2 atom stereocenters. The van der Waals surface area contributed by atoms with Crippen LogP contribution in [-0.2, 0) is 17.7 Å². The summed E-state index contributed by atoms with van der Waals surface area (Å²) >= 11 is 0. The van der Waals surface area contributed by atoms with E-state index in [0.717, 1.165) is 49.6 Å². The summed E-state index contributed by atoms with van der Waals surface area (Å²) in [6.45, 7) is 4.81. The van der Waals surface area contributed by atoms with Gasteiger partial charge in [0.05, 0.1) is 13.2 Å². The van der Waals surface area contributed by atoms with E-state index >= 15 is 0 Å².